The van der Waals surface area contributed by atoms with Crippen molar-refractivity contribution in [3.05, 3.63) is 64.1 Å². The Hall–Kier alpha value is -2.59. The fourth-order valence-electron chi connectivity index (χ4n) is 5.04. The molecule has 0 amide bonds. The summed E-state index contributed by atoms with van der Waals surface area (Å²) in [5.41, 5.74) is 1.36. The monoisotopic (exact) mass is 489 g/mol. The van der Waals surface area contributed by atoms with Gasteiger partial charge in [0.15, 0.2) is 11.0 Å². The summed E-state index contributed by atoms with van der Waals surface area (Å²) in [7, 11) is 1.92. The van der Waals surface area contributed by atoms with Crippen molar-refractivity contribution >= 4 is 11.8 Å². The Morgan fingerprint density at radius 1 is 1.18 bits per heavy atom. The van der Waals surface area contributed by atoms with E-state index in [9.17, 15) is 18.0 Å². The molecule has 0 radical (unpaired) electrons. The molecule has 6 nitrogen and oxygen atoms in total. The molecule has 1 aliphatic carbocycles. The van der Waals surface area contributed by atoms with Crippen molar-refractivity contribution < 1.29 is 13.2 Å². The lowest BCUT2D eigenvalue weighted by molar-refractivity contribution is -0.137. The predicted molar refractivity (Wildman–Crippen MR) is 125 cm³/mol. The Labute approximate surface area is 199 Å². The summed E-state index contributed by atoms with van der Waals surface area (Å²) in [6, 6.07) is 8.94. The lowest BCUT2D eigenvalue weighted by Crippen LogP contribution is -2.23. The zero-order valence-corrected chi connectivity index (χ0v) is 19.6. The lowest BCUT2D eigenvalue weighted by Gasteiger charge is -2.16. The number of thioether (sulfide) groups is 1. The standard InChI is InChI=1S/C24H26F3N5OS/c1-31-21(17-5-8-20(33)28-14-17)29-30-22(31)34-12-2-10-32-11-9-23(15-32)13-19(23)16-3-6-18(7-4-16)24(25,26)27/h3-8,14,19H,2,9-13,15H2,1H3,(H,28,33)/t19-,23-/m0/s1. The highest BCUT2D eigenvalue weighted by Crippen LogP contribution is 2.64. The highest BCUT2D eigenvalue weighted by Gasteiger charge is 2.57. The van der Waals surface area contributed by atoms with E-state index in [2.05, 4.69) is 20.1 Å². The molecule has 180 valence electrons. The molecule has 2 aliphatic rings. The number of H-pyrrole nitrogens is 1. The maximum atomic E-state index is 12.8. The second-order valence-corrected chi connectivity index (χ2v) is 10.3. The normalized spacial score (nSPS) is 22.5. The van der Waals surface area contributed by atoms with Crippen molar-refractivity contribution in [2.24, 2.45) is 12.5 Å². The number of aromatic nitrogens is 4. The topological polar surface area (TPSA) is 66.8 Å². The van der Waals surface area contributed by atoms with E-state index in [1.165, 1.54) is 18.2 Å². The van der Waals surface area contributed by atoms with Crippen LogP contribution in [0.4, 0.5) is 13.2 Å². The van der Waals surface area contributed by atoms with Gasteiger partial charge in [0, 0.05) is 37.2 Å². The van der Waals surface area contributed by atoms with Gasteiger partial charge in [-0.2, -0.15) is 13.2 Å². The molecule has 2 aromatic heterocycles. The molecule has 5 rings (SSSR count). The molecule has 1 aromatic carbocycles. The van der Waals surface area contributed by atoms with Crippen LogP contribution in [0.2, 0.25) is 0 Å². The maximum absolute atomic E-state index is 12.8. The number of pyridine rings is 1. The van der Waals surface area contributed by atoms with Gasteiger partial charge in [-0.25, -0.2) is 0 Å². The number of halogens is 3. The van der Waals surface area contributed by atoms with Crippen LogP contribution in [0.1, 0.15) is 36.3 Å². The number of aromatic amines is 1. The van der Waals surface area contributed by atoms with Gasteiger partial charge in [-0.1, -0.05) is 23.9 Å². The van der Waals surface area contributed by atoms with E-state index in [-0.39, 0.29) is 11.0 Å². The second kappa shape index (κ2) is 8.88. The second-order valence-electron chi connectivity index (χ2n) is 9.27. The molecular weight excluding hydrogens is 463 g/mol. The van der Waals surface area contributed by atoms with Gasteiger partial charge in [0.1, 0.15) is 0 Å². The van der Waals surface area contributed by atoms with Gasteiger partial charge in [-0.15, -0.1) is 10.2 Å². The third kappa shape index (κ3) is 4.65. The van der Waals surface area contributed by atoms with Crippen LogP contribution < -0.4 is 5.56 Å². The molecule has 10 heteroatoms. The van der Waals surface area contributed by atoms with Crippen LogP contribution >= 0.6 is 11.8 Å². The maximum Gasteiger partial charge on any atom is 0.416 e. The Kier molecular flexibility index (Phi) is 6.05. The van der Waals surface area contributed by atoms with E-state index in [1.54, 1.807) is 36.2 Å². The molecule has 0 bridgehead atoms. The first-order chi connectivity index (χ1) is 16.2. The first-order valence-corrected chi connectivity index (χ1v) is 12.3. The van der Waals surface area contributed by atoms with Gasteiger partial charge in [0.2, 0.25) is 5.56 Å². The van der Waals surface area contributed by atoms with Crippen molar-refractivity contribution in [3.63, 3.8) is 0 Å². The summed E-state index contributed by atoms with van der Waals surface area (Å²) >= 11 is 1.66. The Bertz CT molecular complexity index is 1200. The molecule has 1 aliphatic heterocycles. The van der Waals surface area contributed by atoms with Crippen LogP contribution in [0.5, 0.6) is 0 Å². The Balaban J connectivity index is 1.09. The van der Waals surface area contributed by atoms with Gasteiger partial charge < -0.3 is 14.5 Å². The van der Waals surface area contributed by atoms with Crippen LogP contribution in [-0.4, -0.2) is 50.0 Å². The Morgan fingerprint density at radius 2 is 1.97 bits per heavy atom. The smallest absolute Gasteiger partial charge is 0.328 e. The van der Waals surface area contributed by atoms with Crippen LogP contribution in [-0.2, 0) is 13.2 Å². The number of nitrogens with one attached hydrogen (secondary N) is 1. The zero-order chi connectivity index (χ0) is 23.9. The number of likely N-dealkylation sites (tertiary alicyclic amines) is 1. The molecule has 34 heavy (non-hydrogen) atoms. The summed E-state index contributed by atoms with van der Waals surface area (Å²) in [6.45, 7) is 3.06. The quantitative estimate of drug-likeness (QED) is 0.390. The number of rotatable bonds is 7. The number of hydrogen-bond acceptors (Lipinski definition) is 5. The molecule has 1 saturated heterocycles. The zero-order valence-electron chi connectivity index (χ0n) is 18.8. The van der Waals surface area contributed by atoms with E-state index in [1.807, 2.05) is 11.6 Å². The van der Waals surface area contributed by atoms with Crippen molar-refractivity contribution in [2.75, 3.05) is 25.4 Å². The van der Waals surface area contributed by atoms with Crippen molar-refractivity contribution in [2.45, 2.75) is 36.5 Å². The molecule has 0 unspecified atom stereocenters. The summed E-state index contributed by atoms with van der Waals surface area (Å²) in [4.78, 5) is 16.4. The predicted octanol–water partition coefficient (Wildman–Crippen LogP) is 4.55. The summed E-state index contributed by atoms with van der Waals surface area (Å²) in [6.07, 6.45) is 0.552. The SMILES string of the molecule is Cn1c(SCCCN2CC[C@]3(C[C@H]3c3ccc(C(F)(F)F)cc3)C2)nnc1-c1ccc(=O)[nH]c1. The van der Waals surface area contributed by atoms with E-state index < -0.39 is 11.7 Å². The average Bonchev–Trinajstić information content (AvgIpc) is 3.16. The van der Waals surface area contributed by atoms with Crippen molar-refractivity contribution in [1.29, 1.82) is 0 Å². The van der Waals surface area contributed by atoms with Gasteiger partial charge >= 0.3 is 6.18 Å². The van der Waals surface area contributed by atoms with Gasteiger partial charge in [0.05, 0.1) is 5.56 Å². The minimum Gasteiger partial charge on any atom is -0.328 e. The molecular formula is C24H26F3N5OS. The largest absolute Gasteiger partial charge is 0.416 e. The number of nitrogens with zero attached hydrogens (tertiary/aromatic N) is 4. The van der Waals surface area contributed by atoms with Crippen LogP contribution in [0.15, 0.2) is 52.5 Å². The van der Waals surface area contributed by atoms with E-state index in [0.717, 1.165) is 60.9 Å². The molecule has 1 saturated carbocycles. The van der Waals surface area contributed by atoms with Crippen molar-refractivity contribution in [1.82, 2.24) is 24.6 Å². The molecule has 3 aromatic rings. The molecule has 2 atom stereocenters. The summed E-state index contributed by atoms with van der Waals surface area (Å²) in [5.74, 6) is 2.01. The van der Waals surface area contributed by atoms with E-state index in [0.29, 0.717) is 11.7 Å². The molecule has 2 fully saturated rings. The van der Waals surface area contributed by atoms with Gasteiger partial charge in [-0.05, 0) is 67.4 Å². The highest BCUT2D eigenvalue weighted by atomic mass is 32.2. The number of hydrogen-bond donors (Lipinski definition) is 1. The minimum absolute atomic E-state index is 0.152. The fraction of sp³-hybridized carbons (Fsp3) is 0.458. The van der Waals surface area contributed by atoms with Crippen LogP contribution in [0, 0.1) is 5.41 Å². The average molecular weight is 490 g/mol. The van der Waals surface area contributed by atoms with Gasteiger partial charge in [-0.3, -0.25) is 4.79 Å². The van der Waals surface area contributed by atoms with Crippen molar-refractivity contribution in [3.8, 4) is 11.4 Å². The number of benzene rings is 1. The minimum atomic E-state index is -4.28. The molecule has 3 heterocycles. The summed E-state index contributed by atoms with van der Waals surface area (Å²) < 4.78 is 40.4. The third-order valence-corrected chi connectivity index (χ3v) is 8.13. The third-order valence-electron chi connectivity index (χ3n) is 7.02. The molecule has 1 spiro atoms. The number of alkyl halides is 3. The van der Waals surface area contributed by atoms with Crippen LogP contribution in [0.25, 0.3) is 11.4 Å². The first-order valence-electron chi connectivity index (χ1n) is 11.4. The molecule has 1 N–H and O–H groups in total. The van der Waals surface area contributed by atoms with E-state index in [4.69, 9.17) is 0 Å². The summed E-state index contributed by atoms with van der Waals surface area (Å²) in [5, 5.41) is 9.37. The first kappa shape index (κ1) is 23.2. The fourth-order valence-corrected chi connectivity index (χ4v) is 5.88. The van der Waals surface area contributed by atoms with E-state index >= 15 is 0 Å². The lowest BCUT2D eigenvalue weighted by atomic mass is 9.97. The highest BCUT2D eigenvalue weighted by molar-refractivity contribution is 7.99. The van der Waals surface area contributed by atoms with Crippen LogP contribution in [0.3, 0.4) is 0 Å². The Morgan fingerprint density at radius 3 is 2.68 bits per heavy atom. The van der Waals surface area contributed by atoms with Gasteiger partial charge in [0.25, 0.3) is 0 Å².